The Kier molecular flexibility index (Phi) is 5.29. The van der Waals surface area contributed by atoms with Crippen LogP contribution in [0.15, 0.2) is 34.2 Å². The number of ether oxygens (including phenoxy) is 1. The molecule has 1 aliphatic rings. The number of Topliss-reactive ketones (excluding diaryl/α,β-unsaturated/α-hetero) is 1. The van der Waals surface area contributed by atoms with Gasteiger partial charge in [0.2, 0.25) is 0 Å². The smallest absolute Gasteiger partial charge is 0.262 e. The van der Waals surface area contributed by atoms with Gasteiger partial charge in [-0.3, -0.25) is 14.2 Å². The van der Waals surface area contributed by atoms with Crippen molar-refractivity contribution in [2.45, 2.75) is 43.5 Å². The lowest BCUT2D eigenvalue weighted by molar-refractivity contribution is 0.0994. The van der Waals surface area contributed by atoms with Gasteiger partial charge in [-0.15, -0.1) is 11.3 Å². The van der Waals surface area contributed by atoms with Gasteiger partial charge in [-0.2, -0.15) is 0 Å². The molecule has 0 saturated heterocycles. The zero-order valence-corrected chi connectivity index (χ0v) is 17.8. The minimum atomic E-state index is -0.347. The molecule has 0 N–H and O–H groups in total. The van der Waals surface area contributed by atoms with Crippen LogP contribution >= 0.6 is 23.1 Å². The predicted octanol–water partition coefficient (Wildman–Crippen LogP) is 4.25. The van der Waals surface area contributed by atoms with Crippen molar-refractivity contribution >= 4 is 39.1 Å². The summed E-state index contributed by atoms with van der Waals surface area (Å²) in [4.78, 5) is 32.5. The summed E-state index contributed by atoms with van der Waals surface area (Å²) >= 11 is 2.96. The number of aromatic nitrogens is 2. The van der Waals surface area contributed by atoms with E-state index in [-0.39, 0.29) is 16.6 Å². The molecule has 28 heavy (non-hydrogen) atoms. The molecule has 0 fully saturated rings. The average Bonchev–Trinajstić information content (AvgIpc) is 3.27. The van der Waals surface area contributed by atoms with Gasteiger partial charge < -0.3 is 4.74 Å². The molecule has 7 heteroatoms. The summed E-state index contributed by atoms with van der Waals surface area (Å²) in [6.45, 7) is 4.37. The second-order valence-electron chi connectivity index (χ2n) is 6.88. The Labute approximate surface area is 171 Å². The molecule has 0 aliphatic heterocycles. The fourth-order valence-corrected chi connectivity index (χ4v) is 5.79. The van der Waals surface area contributed by atoms with E-state index in [0.29, 0.717) is 17.3 Å². The van der Waals surface area contributed by atoms with Gasteiger partial charge in [-0.05, 0) is 62.9 Å². The molecule has 1 atom stereocenters. The van der Waals surface area contributed by atoms with E-state index >= 15 is 0 Å². The number of aryl methyl sites for hydroxylation is 2. The molecule has 4 rings (SSSR count). The molecule has 0 unspecified atom stereocenters. The number of carbonyl (C=O) groups is 1. The number of ketones is 1. The van der Waals surface area contributed by atoms with Crippen LogP contribution in [0, 0.1) is 0 Å². The van der Waals surface area contributed by atoms with Crippen molar-refractivity contribution in [2.75, 3.05) is 6.61 Å². The standard InChI is InChI=1S/C21H22N2O3S2/c1-4-26-14-10-8-13(9-11-14)18(24)12(2)27-21-22-19-17(20(25)23(21)3)15-6-5-7-16(15)28-19/h8-12H,4-7H2,1-3H3/t12-/m1/s1. The van der Waals surface area contributed by atoms with E-state index in [9.17, 15) is 9.59 Å². The zero-order valence-electron chi connectivity index (χ0n) is 16.2. The molecule has 0 bridgehead atoms. The van der Waals surface area contributed by atoms with Gasteiger partial charge in [0.15, 0.2) is 10.9 Å². The highest BCUT2D eigenvalue weighted by Crippen LogP contribution is 2.36. The maximum Gasteiger partial charge on any atom is 0.262 e. The van der Waals surface area contributed by atoms with Crippen molar-refractivity contribution in [3.63, 3.8) is 0 Å². The van der Waals surface area contributed by atoms with E-state index in [1.807, 2.05) is 13.8 Å². The topological polar surface area (TPSA) is 61.2 Å². The van der Waals surface area contributed by atoms with Crippen molar-refractivity contribution in [2.24, 2.45) is 7.05 Å². The number of hydrogen-bond acceptors (Lipinski definition) is 6. The third-order valence-electron chi connectivity index (χ3n) is 5.01. The summed E-state index contributed by atoms with van der Waals surface area (Å²) in [5.74, 6) is 0.760. The Bertz CT molecular complexity index is 1100. The highest BCUT2D eigenvalue weighted by atomic mass is 32.2. The highest BCUT2D eigenvalue weighted by Gasteiger charge is 2.24. The van der Waals surface area contributed by atoms with Gasteiger partial charge in [0.1, 0.15) is 10.6 Å². The quantitative estimate of drug-likeness (QED) is 0.343. The van der Waals surface area contributed by atoms with Gasteiger partial charge in [0.05, 0.1) is 17.2 Å². The summed E-state index contributed by atoms with van der Waals surface area (Å²) in [6.07, 6.45) is 3.12. The Morgan fingerprint density at radius 1 is 1.32 bits per heavy atom. The Morgan fingerprint density at radius 3 is 2.79 bits per heavy atom. The Hall–Kier alpha value is -2.12. The van der Waals surface area contributed by atoms with Gasteiger partial charge in [0, 0.05) is 17.5 Å². The van der Waals surface area contributed by atoms with Crippen LogP contribution in [0.2, 0.25) is 0 Å². The molecule has 0 spiro atoms. The molecular weight excluding hydrogens is 392 g/mol. The lowest BCUT2D eigenvalue weighted by atomic mass is 10.1. The molecule has 2 heterocycles. The van der Waals surface area contributed by atoms with Crippen LogP contribution in [0.25, 0.3) is 10.2 Å². The number of benzene rings is 1. The number of carbonyl (C=O) groups excluding carboxylic acids is 1. The maximum atomic E-state index is 12.9. The predicted molar refractivity (Wildman–Crippen MR) is 114 cm³/mol. The SMILES string of the molecule is CCOc1ccc(C(=O)[C@@H](C)Sc2nc3sc4c(c3c(=O)n2C)CCC4)cc1. The number of thioether (sulfide) groups is 1. The highest BCUT2D eigenvalue weighted by molar-refractivity contribution is 8.00. The normalized spacial score (nSPS) is 14.2. The maximum absolute atomic E-state index is 12.9. The Balaban J connectivity index is 1.59. The lowest BCUT2D eigenvalue weighted by Crippen LogP contribution is -2.22. The molecule has 0 saturated carbocycles. The van der Waals surface area contributed by atoms with E-state index in [4.69, 9.17) is 9.72 Å². The molecule has 0 radical (unpaired) electrons. The fourth-order valence-electron chi connectivity index (χ4n) is 3.54. The van der Waals surface area contributed by atoms with Crippen LogP contribution < -0.4 is 10.3 Å². The van der Waals surface area contributed by atoms with Crippen LogP contribution in [-0.2, 0) is 19.9 Å². The number of thiophene rings is 1. The van der Waals surface area contributed by atoms with Crippen molar-refractivity contribution in [3.05, 3.63) is 50.6 Å². The van der Waals surface area contributed by atoms with E-state index in [1.54, 1.807) is 47.2 Å². The third kappa shape index (κ3) is 3.37. The van der Waals surface area contributed by atoms with Crippen LogP contribution in [0.5, 0.6) is 5.75 Å². The molecule has 3 aromatic rings. The first kappa shape index (κ1) is 19.2. The molecule has 2 aromatic heterocycles. The lowest BCUT2D eigenvalue weighted by Gasteiger charge is -2.13. The summed E-state index contributed by atoms with van der Waals surface area (Å²) in [6, 6.07) is 7.18. The first-order valence-corrected chi connectivity index (χ1v) is 11.1. The number of rotatable bonds is 6. The number of nitrogens with zero attached hydrogens (tertiary/aromatic N) is 2. The van der Waals surface area contributed by atoms with Gasteiger partial charge in [0.25, 0.3) is 5.56 Å². The number of hydrogen-bond donors (Lipinski definition) is 0. The first-order chi connectivity index (χ1) is 13.5. The minimum Gasteiger partial charge on any atom is -0.494 e. The van der Waals surface area contributed by atoms with E-state index < -0.39 is 0 Å². The average molecular weight is 415 g/mol. The van der Waals surface area contributed by atoms with E-state index in [0.717, 1.165) is 35.2 Å². The van der Waals surface area contributed by atoms with Gasteiger partial charge >= 0.3 is 0 Å². The van der Waals surface area contributed by atoms with Crippen molar-refractivity contribution in [1.29, 1.82) is 0 Å². The summed E-state index contributed by atoms with van der Waals surface area (Å²) < 4.78 is 7.01. The monoisotopic (exact) mass is 414 g/mol. The van der Waals surface area contributed by atoms with Crippen LogP contribution in [0.3, 0.4) is 0 Å². The third-order valence-corrected chi connectivity index (χ3v) is 7.34. The Morgan fingerprint density at radius 2 is 2.07 bits per heavy atom. The molecule has 0 amide bonds. The summed E-state index contributed by atoms with van der Waals surface area (Å²) in [5.41, 5.74) is 1.81. The molecule has 1 aliphatic carbocycles. The second-order valence-corrected chi connectivity index (χ2v) is 9.27. The van der Waals surface area contributed by atoms with Gasteiger partial charge in [-0.25, -0.2) is 4.98 Å². The fraction of sp³-hybridized carbons (Fsp3) is 0.381. The van der Waals surface area contributed by atoms with E-state index in [1.165, 1.54) is 22.2 Å². The zero-order chi connectivity index (χ0) is 19.8. The van der Waals surface area contributed by atoms with E-state index in [2.05, 4.69) is 0 Å². The van der Waals surface area contributed by atoms with Crippen molar-refractivity contribution in [1.82, 2.24) is 9.55 Å². The summed E-state index contributed by atoms with van der Waals surface area (Å²) in [5, 5.41) is 1.01. The van der Waals surface area contributed by atoms with Crippen LogP contribution in [0.4, 0.5) is 0 Å². The minimum absolute atomic E-state index is 0.00684. The molecule has 1 aromatic carbocycles. The largest absolute Gasteiger partial charge is 0.494 e. The van der Waals surface area contributed by atoms with Crippen LogP contribution in [0.1, 0.15) is 41.1 Å². The van der Waals surface area contributed by atoms with Gasteiger partial charge in [-0.1, -0.05) is 11.8 Å². The first-order valence-electron chi connectivity index (χ1n) is 9.44. The van der Waals surface area contributed by atoms with Crippen molar-refractivity contribution < 1.29 is 9.53 Å². The van der Waals surface area contributed by atoms with Crippen molar-refractivity contribution in [3.8, 4) is 5.75 Å². The second kappa shape index (κ2) is 7.72. The molecular formula is C21H22N2O3S2. The molecule has 5 nitrogen and oxygen atoms in total. The molecule has 146 valence electrons. The number of fused-ring (bicyclic) bond motifs is 3. The summed E-state index contributed by atoms with van der Waals surface area (Å²) in [7, 11) is 1.74. The van der Waals surface area contributed by atoms with Crippen LogP contribution in [-0.4, -0.2) is 27.2 Å².